The van der Waals surface area contributed by atoms with Gasteiger partial charge in [0.05, 0.1) is 17.4 Å². The Balaban J connectivity index is 1.14. The quantitative estimate of drug-likeness (QED) is 0.0629. The van der Waals surface area contributed by atoms with Gasteiger partial charge >= 0.3 is 5.97 Å². The largest absolute Gasteiger partial charge is 0.462 e. The second kappa shape index (κ2) is 18.0. The molecule has 1 aliphatic heterocycles. The van der Waals surface area contributed by atoms with E-state index < -0.39 is 23.0 Å². The molecule has 0 fully saturated rings. The fraction of sp³-hybridized carbons (Fsp3) is 0.209. The summed E-state index contributed by atoms with van der Waals surface area (Å²) in [6.07, 6.45) is 2.32. The first kappa shape index (κ1) is 38.2. The van der Waals surface area contributed by atoms with Gasteiger partial charge in [0, 0.05) is 40.7 Å². The number of fused-ring (bicyclic) bond motifs is 1. The lowest BCUT2D eigenvalue weighted by atomic mass is 10.0. The molecule has 2 heterocycles. The highest BCUT2D eigenvalue weighted by Crippen LogP contribution is 2.39. The maximum Gasteiger partial charge on any atom is 0.341 e. The number of carbonyl (C=O) groups excluding carboxylic acids is 4. The summed E-state index contributed by atoms with van der Waals surface area (Å²) in [6.45, 7) is 8.03. The SMILES string of the molecule is CCOC(=O)c1c(NC(=O)C(C)Sc2cccc(NC(=O)/C(=C\c3cccc(C)c3)NC(=O)c3ccccc3)c2)sc2c1CCN(Cc1ccccc1)C2. The summed E-state index contributed by atoms with van der Waals surface area (Å²) in [5.41, 5.74) is 5.39. The van der Waals surface area contributed by atoms with Gasteiger partial charge in [0.15, 0.2) is 0 Å². The van der Waals surface area contributed by atoms with Crippen molar-refractivity contribution in [1.82, 2.24) is 10.2 Å². The van der Waals surface area contributed by atoms with Crippen LogP contribution < -0.4 is 16.0 Å². The Hall–Kier alpha value is -5.49. The van der Waals surface area contributed by atoms with Gasteiger partial charge in [-0.15, -0.1) is 23.1 Å². The fourth-order valence-electron chi connectivity index (χ4n) is 6.13. The first-order valence-corrected chi connectivity index (χ1v) is 19.5. The zero-order valence-corrected chi connectivity index (χ0v) is 32.0. The number of ether oxygens (including phenoxy) is 1. The van der Waals surface area contributed by atoms with Crippen LogP contribution >= 0.6 is 23.1 Å². The minimum atomic E-state index is -0.540. The van der Waals surface area contributed by atoms with Gasteiger partial charge < -0.3 is 20.7 Å². The van der Waals surface area contributed by atoms with Gasteiger partial charge in [0.2, 0.25) is 5.91 Å². The van der Waals surface area contributed by atoms with E-state index in [4.69, 9.17) is 4.74 Å². The molecular weight excluding hydrogens is 717 g/mol. The number of thiophene rings is 1. The molecule has 1 atom stereocenters. The van der Waals surface area contributed by atoms with Gasteiger partial charge in [-0.3, -0.25) is 19.3 Å². The highest BCUT2D eigenvalue weighted by atomic mass is 32.2. The van der Waals surface area contributed by atoms with E-state index in [-0.39, 0.29) is 18.2 Å². The molecule has 0 bridgehead atoms. The molecule has 0 aliphatic carbocycles. The van der Waals surface area contributed by atoms with E-state index >= 15 is 0 Å². The molecule has 0 saturated carbocycles. The lowest BCUT2D eigenvalue weighted by molar-refractivity contribution is -0.115. The molecule has 11 heteroatoms. The molecule has 9 nitrogen and oxygen atoms in total. The molecule has 0 spiro atoms. The molecule has 1 unspecified atom stereocenters. The fourth-order valence-corrected chi connectivity index (χ4v) is 8.33. The number of amides is 3. The smallest absolute Gasteiger partial charge is 0.341 e. The first-order chi connectivity index (χ1) is 26.2. The van der Waals surface area contributed by atoms with Crippen molar-refractivity contribution in [3.05, 3.63) is 153 Å². The summed E-state index contributed by atoms with van der Waals surface area (Å²) in [5.74, 6) is -1.59. The summed E-state index contributed by atoms with van der Waals surface area (Å²) in [5, 5.41) is 8.68. The van der Waals surface area contributed by atoms with E-state index in [9.17, 15) is 19.2 Å². The minimum absolute atomic E-state index is 0.0829. The molecule has 3 N–H and O–H groups in total. The van der Waals surface area contributed by atoms with Crippen molar-refractivity contribution >= 4 is 63.6 Å². The van der Waals surface area contributed by atoms with Crippen molar-refractivity contribution in [2.45, 2.75) is 50.4 Å². The van der Waals surface area contributed by atoms with Gasteiger partial charge in [-0.05, 0) is 80.3 Å². The Morgan fingerprint density at radius 2 is 1.65 bits per heavy atom. The van der Waals surface area contributed by atoms with E-state index in [1.54, 1.807) is 62.4 Å². The number of hydrogen-bond acceptors (Lipinski definition) is 8. The topological polar surface area (TPSA) is 117 Å². The van der Waals surface area contributed by atoms with Crippen LogP contribution in [0.3, 0.4) is 0 Å². The minimum Gasteiger partial charge on any atom is -0.462 e. The van der Waals surface area contributed by atoms with E-state index in [2.05, 4.69) is 33.0 Å². The molecule has 1 aliphatic rings. The highest BCUT2D eigenvalue weighted by molar-refractivity contribution is 8.00. The molecule has 6 rings (SSSR count). The van der Waals surface area contributed by atoms with E-state index in [0.717, 1.165) is 39.6 Å². The number of nitrogens with zero attached hydrogens (tertiary/aromatic N) is 1. The van der Waals surface area contributed by atoms with Crippen LogP contribution in [0.4, 0.5) is 10.7 Å². The molecule has 54 heavy (non-hydrogen) atoms. The van der Waals surface area contributed by atoms with Gasteiger partial charge in [-0.2, -0.15) is 0 Å². The average molecular weight is 759 g/mol. The third-order valence-electron chi connectivity index (χ3n) is 8.76. The van der Waals surface area contributed by atoms with Crippen molar-refractivity contribution in [2.75, 3.05) is 23.8 Å². The van der Waals surface area contributed by atoms with Gasteiger partial charge in [-0.1, -0.05) is 84.4 Å². The standard InChI is InChI=1S/C43H42N4O5S2/c1-4-52-43(51)38-35-21-22-47(26-30-14-7-5-8-15-30)27-37(35)54-42(38)46-39(48)29(3)53-34-20-12-19-33(25-34)44-41(50)36(24-31-16-11-13-28(2)23-31)45-40(49)32-17-9-6-10-18-32/h5-20,23-25,29H,4,21-22,26-27H2,1-3H3,(H,44,50)(H,45,49)(H,46,48)/b36-24+. The lowest BCUT2D eigenvalue weighted by Crippen LogP contribution is -2.30. The van der Waals surface area contributed by atoms with Crippen LogP contribution in [0.1, 0.15) is 61.7 Å². The summed E-state index contributed by atoms with van der Waals surface area (Å²) >= 11 is 2.76. The van der Waals surface area contributed by atoms with Crippen LogP contribution in [-0.2, 0) is 33.8 Å². The third kappa shape index (κ3) is 9.93. The second-order valence-corrected chi connectivity index (χ2v) is 15.4. The van der Waals surface area contributed by atoms with Crippen LogP contribution in [0.15, 0.2) is 120 Å². The van der Waals surface area contributed by atoms with Crippen LogP contribution in [-0.4, -0.2) is 47.0 Å². The number of rotatable bonds is 13. The number of benzene rings is 4. The zero-order chi connectivity index (χ0) is 38.0. The van der Waals surface area contributed by atoms with Crippen molar-refractivity contribution < 1.29 is 23.9 Å². The Morgan fingerprint density at radius 1 is 0.907 bits per heavy atom. The van der Waals surface area contributed by atoms with E-state index in [0.29, 0.717) is 34.8 Å². The van der Waals surface area contributed by atoms with Crippen LogP contribution in [0.5, 0.6) is 0 Å². The zero-order valence-electron chi connectivity index (χ0n) is 30.4. The summed E-state index contributed by atoms with van der Waals surface area (Å²) in [6, 6.07) is 33.8. The van der Waals surface area contributed by atoms with Crippen molar-refractivity contribution in [3.63, 3.8) is 0 Å². The predicted molar refractivity (Wildman–Crippen MR) is 217 cm³/mol. The van der Waals surface area contributed by atoms with Gasteiger partial charge in [0.1, 0.15) is 10.7 Å². The number of anilines is 2. The first-order valence-electron chi connectivity index (χ1n) is 17.8. The lowest BCUT2D eigenvalue weighted by Gasteiger charge is -2.27. The molecule has 3 amide bonds. The number of hydrogen-bond donors (Lipinski definition) is 3. The summed E-state index contributed by atoms with van der Waals surface area (Å²) in [7, 11) is 0. The normalized spacial score (nSPS) is 13.4. The Morgan fingerprint density at radius 3 is 2.39 bits per heavy atom. The molecule has 1 aromatic heterocycles. The Kier molecular flexibility index (Phi) is 12.8. The average Bonchev–Trinajstić information content (AvgIpc) is 3.52. The summed E-state index contributed by atoms with van der Waals surface area (Å²) in [4.78, 5) is 57.7. The van der Waals surface area contributed by atoms with Crippen LogP contribution in [0.2, 0.25) is 0 Å². The third-order valence-corrected chi connectivity index (χ3v) is 11.0. The van der Waals surface area contributed by atoms with Crippen molar-refractivity contribution in [2.24, 2.45) is 0 Å². The maximum absolute atomic E-state index is 13.6. The molecule has 276 valence electrons. The second-order valence-electron chi connectivity index (χ2n) is 12.9. The van der Waals surface area contributed by atoms with Gasteiger partial charge in [-0.25, -0.2) is 4.79 Å². The van der Waals surface area contributed by atoms with E-state index in [1.807, 2.05) is 61.5 Å². The molecular formula is C43H42N4O5S2. The van der Waals surface area contributed by atoms with Crippen molar-refractivity contribution in [3.8, 4) is 0 Å². The highest BCUT2D eigenvalue weighted by Gasteiger charge is 2.30. The number of aryl methyl sites for hydroxylation is 1. The van der Waals surface area contributed by atoms with Gasteiger partial charge in [0.25, 0.3) is 11.8 Å². The number of carbonyl (C=O) groups is 4. The molecule has 0 saturated heterocycles. The van der Waals surface area contributed by atoms with Crippen molar-refractivity contribution in [1.29, 1.82) is 0 Å². The predicted octanol–water partition coefficient (Wildman–Crippen LogP) is 8.32. The Labute approximate surface area is 323 Å². The summed E-state index contributed by atoms with van der Waals surface area (Å²) < 4.78 is 5.43. The molecule has 4 aromatic carbocycles. The van der Waals surface area contributed by atoms with E-state index in [1.165, 1.54) is 28.7 Å². The monoisotopic (exact) mass is 758 g/mol. The number of nitrogens with one attached hydrogen (secondary N) is 3. The van der Waals surface area contributed by atoms with Crippen LogP contribution in [0.25, 0.3) is 6.08 Å². The van der Waals surface area contributed by atoms with Crippen LogP contribution in [0, 0.1) is 6.92 Å². The number of esters is 1. The Bertz CT molecular complexity index is 2170. The molecule has 0 radical (unpaired) electrons. The number of thioether (sulfide) groups is 1. The molecule has 5 aromatic rings. The maximum atomic E-state index is 13.6.